The van der Waals surface area contributed by atoms with Crippen molar-refractivity contribution >= 4 is 17.5 Å². The van der Waals surface area contributed by atoms with Gasteiger partial charge in [-0.05, 0) is 36.8 Å². The van der Waals surface area contributed by atoms with E-state index in [0.29, 0.717) is 11.1 Å². The highest BCUT2D eigenvalue weighted by Gasteiger charge is 2.12. The number of nitriles is 1. The Hall–Kier alpha value is -3.26. The number of aryl methyl sites for hydroxylation is 1. The molecule has 0 saturated heterocycles. The Morgan fingerprint density at radius 2 is 1.91 bits per heavy atom. The summed E-state index contributed by atoms with van der Waals surface area (Å²) in [5.41, 5.74) is 1.87. The van der Waals surface area contributed by atoms with Crippen molar-refractivity contribution in [2.24, 2.45) is 0 Å². The molecule has 0 bridgehead atoms. The van der Waals surface area contributed by atoms with Gasteiger partial charge in [-0.1, -0.05) is 23.8 Å². The van der Waals surface area contributed by atoms with Gasteiger partial charge in [0.2, 0.25) is 5.78 Å². The van der Waals surface area contributed by atoms with Crippen LogP contribution in [0.15, 0.2) is 54.1 Å². The number of nitro benzene ring substituents is 1. The van der Waals surface area contributed by atoms with E-state index in [2.05, 4.69) is 0 Å². The van der Waals surface area contributed by atoms with Crippen LogP contribution in [0.25, 0.3) is 6.08 Å². The van der Waals surface area contributed by atoms with Gasteiger partial charge in [-0.15, -0.1) is 0 Å². The molecule has 0 atom stereocenters. The number of hydrogen-bond donors (Lipinski definition) is 0. The summed E-state index contributed by atoms with van der Waals surface area (Å²) in [5.74, 6) is -0.371. The monoisotopic (exact) mass is 292 g/mol. The van der Waals surface area contributed by atoms with E-state index < -0.39 is 4.92 Å². The predicted molar refractivity (Wildman–Crippen MR) is 82.2 cm³/mol. The summed E-state index contributed by atoms with van der Waals surface area (Å²) in [7, 11) is 0. The quantitative estimate of drug-likeness (QED) is 0.283. The van der Waals surface area contributed by atoms with Crippen LogP contribution in [0.1, 0.15) is 21.5 Å². The lowest BCUT2D eigenvalue weighted by molar-refractivity contribution is -0.384. The second-order valence-corrected chi connectivity index (χ2v) is 4.72. The van der Waals surface area contributed by atoms with Gasteiger partial charge in [0.1, 0.15) is 11.6 Å². The molecule has 5 heteroatoms. The third-order valence-electron chi connectivity index (χ3n) is 3.06. The van der Waals surface area contributed by atoms with Gasteiger partial charge in [0.05, 0.1) is 4.92 Å². The van der Waals surface area contributed by atoms with Crippen molar-refractivity contribution in [3.05, 3.63) is 80.9 Å². The Morgan fingerprint density at radius 1 is 1.23 bits per heavy atom. The highest BCUT2D eigenvalue weighted by molar-refractivity contribution is 6.14. The molecule has 0 heterocycles. The van der Waals surface area contributed by atoms with Crippen molar-refractivity contribution in [2.75, 3.05) is 0 Å². The Kier molecular flexibility index (Phi) is 4.44. The molecule has 0 unspecified atom stereocenters. The number of ketones is 1. The summed E-state index contributed by atoms with van der Waals surface area (Å²) in [6.45, 7) is 1.86. The van der Waals surface area contributed by atoms with Crippen molar-refractivity contribution in [2.45, 2.75) is 6.92 Å². The number of allylic oxidation sites excluding steroid dienone is 1. The molecule has 0 spiro atoms. The van der Waals surface area contributed by atoms with Crippen molar-refractivity contribution in [3.8, 4) is 6.07 Å². The third kappa shape index (κ3) is 3.44. The summed E-state index contributed by atoms with van der Waals surface area (Å²) in [4.78, 5) is 22.4. The van der Waals surface area contributed by atoms with Gasteiger partial charge in [0.25, 0.3) is 5.69 Å². The lowest BCUT2D eigenvalue weighted by atomic mass is 10.0. The molecule has 0 aliphatic heterocycles. The Bertz CT molecular complexity index is 799. The molecule has 2 aromatic rings. The van der Waals surface area contributed by atoms with Gasteiger partial charge in [-0.25, -0.2) is 0 Å². The topological polar surface area (TPSA) is 84.0 Å². The van der Waals surface area contributed by atoms with Gasteiger partial charge >= 0.3 is 0 Å². The van der Waals surface area contributed by atoms with Crippen LogP contribution in [0.4, 0.5) is 5.69 Å². The third-order valence-corrected chi connectivity index (χ3v) is 3.06. The van der Waals surface area contributed by atoms with E-state index in [1.165, 1.54) is 30.3 Å². The molecule has 0 saturated carbocycles. The summed E-state index contributed by atoms with van der Waals surface area (Å²) in [6.07, 6.45) is 1.42. The Morgan fingerprint density at radius 3 is 2.45 bits per heavy atom. The summed E-state index contributed by atoms with van der Waals surface area (Å²) in [5, 5.41) is 19.8. The molecule has 108 valence electrons. The highest BCUT2D eigenvalue weighted by atomic mass is 16.6. The van der Waals surface area contributed by atoms with Crippen molar-refractivity contribution in [1.82, 2.24) is 0 Å². The zero-order valence-corrected chi connectivity index (χ0v) is 11.8. The fraction of sp³-hybridized carbons (Fsp3) is 0.0588. The fourth-order valence-electron chi connectivity index (χ4n) is 1.95. The minimum Gasteiger partial charge on any atom is -0.288 e. The van der Waals surface area contributed by atoms with Crippen LogP contribution < -0.4 is 0 Å². The first-order chi connectivity index (χ1) is 10.5. The number of rotatable bonds is 4. The van der Waals surface area contributed by atoms with Crippen LogP contribution in [-0.4, -0.2) is 10.7 Å². The van der Waals surface area contributed by atoms with Crippen LogP contribution in [0, 0.1) is 28.4 Å². The maximum absolute atomic E-state index is 12.3. The number of Topliss-reactive ketones (excluding diaryl/α,β-unsaturated/α-hetero) is 1. The van der Waals surface area contributed by atoms with Crippen LogP contribution in [0.3, 0.4) is 0 Å². The molecule has 2 rings (SSSR count). The second kappa shape index (κ2) is 6.46. The lowest BCUT2D eigenvalue weighted by Crippen LogP contribution is -2.02. The SMILES string of the molecule is Cc1cccc(C(=O)/C(C#N)=C/c2ccc([N+](=O)[O-])cc2)c1. The number of non-ortho nitro benzene ring substituents is 1. The molecular weight excluding hydrogens is 280 g/mol. The van der Waals surface area contributed by atoms with Crippen LogP contribution in [0.5, 0.6) is 0 Å². The average Bonchev–Trinajstić information content (AvgIpc) is 2.52. The van der Waals surface area contributed by atoms with Crippen LogP contribution in [0.2, 0.25) is 0 Å². The minimum atomic E-state index is -0.503. The van der Waals surface area contributed by atoms with E-state index in [9.17, 15) is 20.2 Å². The fourth-order valence-corrected chi connectivity index (χ4v) is 1.95. The maximum Gasteiger partial charge on any atom is 0.269 e. The van der Waals surface area contributed by atoms with Gasteiger partial charge < -0.3 is 0 Å². The Labute approximate surface area is 127 Å². The number of carbonyl (C=O) groups is 1. The standard InChI is InChI=1S/C17H12N2O3/c1-12-3-2-4-14(9-12)17(20)15(11-18)10-13-5-7-16(8-6-13)19(21)22/h2-10H,1H3/b15-10+. The maximum atomic E-state index is 12.3. The second-order valence-electron chi connectivity index (χ2n) is 4.72. The number of benzene rings is 2. The predicted octanol–water partition coefficient (Wildman–Crippen LogP) is 3.69. The molecule has 22 heavy (non-hydrogen) atoms. The van der Waals surface area contributed by atoms with E-state index in [1.54, 1.807) is 18.2 Å². The number of hydrogen-bond acceptors (Lipinski definition) is 4. The molecule has 0 N–H and O–H groups in total. The van der Waals surface area contributed by atoms with Gasteiger partial charge in [0.15, 0.2) is 0 Å². The molecule has 0 amide bonds. The van der Waals surface area contributed by atoms with Crippen molar-refractivity contribution < 1.29 is 9.72 Å². The first-order valence-electron chi connectivity index (χ1n) is 6.49. The van der Waals surface area contributed by atoms with Crippen LogP contribution in [-0.2, 0) is 0 Å². The van der Waals surface area contributed by atoms with Gasteiger partial charge in [0, 0.05) is 17.7 Å². The Balaban J connectivity index is 2.33. The van der Waals surface area contributed by atoms with E-state index in [-0.39, 0.29) is 17.0 Å². The molecular formula is C17H12N2O3. The normalized spacial score (nSPS) is 10.8. The number of carbonyl (C=O) groups excluding carboxylic acids is 1. The molecule has 2 aromatic carbocycles. The van der Waals surface area contributed by atoms with E-state index >= 15 is 0 Å². The molecule has 0 aromatic heterocycles. The van der Waals surface area contributed by atoms with Gasteiger partial charge in [-0.2, -0.15) is 5.26 Å². The van der Waals surface area contributed by atoms with Crippen molar-refractivity contribution in [1.29, 1.82) is 5.26 Å². The zero-order chi connectivity index (χ0) is 16.1. The zero-order valence-electron chi connectivity index (χ0n) is 11.8. The summed E-state index contributed by atoms with van der Waals surface area (Å²) in [6, 6.07) is 14.5. The highest BCUT2D eigenvalue weighted by Crippen LogP contribution is 2.17. The first kappa shape index (κ1) is 15.1. The summed E-state index contributed by atoms with van der Waals surface area (Å²) >= 11 is 0. The number of nitrogens with zero attached hydrogens (tertiary/aromatic N) is 2. The largest absolute Gasteiger partial charge is 0.288 e. The molecule has 5 nitrogen and oxygen atoms in total. The molecule has 0 aliphatic carbocycles. The molecule has 0 aliphatic rings. The summed E-state index contributed by atoms with van der Waals surface area (Å²) < 4.78 is 0. The minimum absolute atomic E-state index is 0.0144. The molecule has 0 fully saturated rings. The average molecular weight is 292 g/mol. The lowest BCUT2D eigenvalue weighted by Gasteiger charge is -2.01. The van der Waals surface area contributed by atoms with E-state index in [4.69, 9.17) is 0 Å². The van der Waals surface area contributed by atoms with E-state index in [1.807, 2.05) is 19.1 Å². The van der Waals surface area contributed by atoms with E-state index in [0.717, 1.165) is 5.56 Å². The number of nitro groups is 1. The first-order valence-corrected chi connectivity index (χ1v) is 6.49. The smallest absolute Gasteiger partial charge is 0.269 e. The van der Waals surface area contributed by atoms with Gasteiger partial charge in [-0.3, -0.25) is 14.9 Å². The van der Waals surface area contributed by atoms with Crippen molar-refractivity contribution in [3.63, 3.8) is 0 Å². The molecule has 0 radical (unpaired) electrons. The van der Waals surface area contributed by atoms with Crippen LogP contribution >= 0.6 is 0 Å².